The van der Waals surface area contributed by atoms with Crippen molar-refractivity contribution in [1.29, 1.82) is 0 Å². The van der Waals surface area contributed by atoms with Crippen LogP contribution >= 0.6 is 0 Å². The maximum atomic E-state index is 12.3. The van der Waals surface area contributed by atoms with Crippen molar-refractivity contribution < 1.29 is 26.2 Å². The fourth-order valence-corrected chi connectivity index (χ4v) is 9.25. The molecule has 5 heteroatoms. The van der Waals surface area contributed by atoms with Crippen molar-refractivity contribution in [3.8, 4) is 89.7 Å². The monoisotopic (exact) mass is 1080 g/mol. The number of nitrogens with zero attached hydrogens (tertiary/aromatic N) is 3. The van der Waals surface area contributed by atoms with E-state index < -0.39 is 0 Å². The van der Waals surface area contributed by atoms with Crippen LogP contribution in [0, 0.1) is 6.07 Å². The summed E-state index contributed by atoms with van der Waals surface area (Å²) in [7, 11) is 0. The number of rotatable bonds is 10. The van der Waals surface area contributed by atoms with Crippen molar-refractivity contribution in [1.82, 2.24) is 14.5 Å². The van der Waals surface area contributed by atoms with E-state index in [1.807, 2.05) is 12.3 Å². The quantitative estimate of drug-likeness (QED) is 0.139. The van der Waals surface area contributed by atoms with Crippen molar-refractivity contribution in [2.45, 2.75) is 65.7 Å². The van der Waals surface area contributed by atoms with Crippen LogP contribution in [-0.4, -0.2) is 19.6 Å². The van der Waals surface area contributed by atoms with Gasteiger partial charge in [-0.25, -0.2) is 4.98 Å². The van der Waals surface area contributed by atoms with Crippen LogP contribution in [0.2, 0.25) is 0 Å². The molecule has 8 aromatic carbocycles. The van der Waals surface area contributed by atoms with E-state index in [4.69, 9.17) is 9.97 Å². The van der Waals surface area contributed by atoms with Crippen LogP contribution in [0.1, 0.15) is 77.0 Å². The average molecular weight is 1080 g/mol. The van der Waals surface area contributed by atoms with Gasteiger partial charge in [-0.15, -0.1) is 23.8 Å². The third-order valence-electron chi connectivity index (χ3n) is 13.2. The number of benzene rings is 8. The van der Waals surface area contributed by atoms with Crippen LogP contribution in [0.4, 0.5) is 0 Å². The summed E-state index contributed by atoms with van der Waals surface area (Å²) in [5, 5.41) is 12.3. The van der Waals surface area contributed by atoms with Gasteiger partial charge in [-0.05, 0) is 103 Å². The zero-order valence-corrected chi connectivity index (χ0v) is 42.5. The molecule has 69 heavy (non-hydrogen) atoms. The molecule has 4 nitrogen and oxygen atoms in total. The largest absolute Gasteiger partial charge is 0.507 e. The van der Waals surface area contributed by atoms with E-state index in [0.29, 0.717) is 11.4 Å². The minimum absolute atomic E-state index is 0. The Hall–Kier alpha value is -7.13. The molecule has 344 valence electrons. The molecule has 0 aliphatic carbocycles. The maximum absolute atomic E-state index is 12.3. The smallest absolute Gasteiger partial charge is 0.148 e. The van der Waals surface area contributed by atoms with Gasteiger partial charge in [0.05, 0.1) is 16.6 Å². The summed E-state index contributed by atoms with van der Waals surface area (Å²) in [6.07, 6.45) is 1.89. The second kappa shape index (κ2) is 19.5. The Morgan fingerprint density at radius 2 is 1.07 bits per heavy atom. The molecule has 0 unspecified atom stereocenters. The number of imidazole rings is 1. The van der Waals surface area contributed by atoms with Gasteiger partial charge in [0.25, 0.3) is 0 Å². The van der Waals surface area contributed by atoms with E-state index in [1.165, 1.54) is 16.7 Å². The van der Waals surface area contributed by atoms with Gasteiger partial charge in [0.2, 0.25) is 0 Å². The molecule has 10 aromatic rings. The van der Waals surface area contributed by atoms with E-state index in [-0.39, 0.29) is 44.1 Å². The number of hydrogen-bond acceptors (Lipinski definition) is 3. The Kier molecular flexibility index (Phi) is 13.2. The Morgan fingerprint density at radius 1 is 0.507 bits per heavy atom. The molecule has 0 aliphatic heterocycles. The Bertz CT molecular complexity index is 3420. The first kappa shape index (κ1) is 47.0. The molecular weight excluding hydrogens is 1020 g/mol. The molecule has 10 rings (SSSR count). The van der Waals surface area contributed by atoms with Crippen molar-refractivity contribution in [2.24, 2.45) is 0 Å². The topological polar surface area (TPSA) is 50.9 Å². The number of aromatic hydroxyl groups is 1. The van der Waals surface area contributed by atoms with Crippen molar-refractivity contribution in [3.63, 3.8) is 0 Å². The molecule has 2 heterocycles. The maximum Gasteiger partial charge on any atom is 0.148 e. The van der Waals surface area contributed by atoms with E-state index in [2.05, 4.69) is 241 Å². The average Bonchev–Trinajstić information content (AvgIpc) is 3.76. The van der Waals surface area contributed by atoms with Gasteiger partial charge < -0.3 is 5.11 Å². The minimum Gasteiger partial charge on any atom is -0.507 e. The fourth-order valence-electron chi connectivity index (χ4n) is 9.25. The summed E-state index contributed by atoms with van der Waals surface area (Å²) in [6.45, 7) is 15.5. The number of hydrogen-bond donors (Lipinski definition) is 1. The van der Waals surface area contributed by atoms with Gasteiger partial charge in [0.15, 0.2) is 0 Å². The number of phenolic OH excluding ortho intramolecular Hbond substituents is 1. The van der Waals surface area contributed by atoms with Crippen LogP contribution < -0.4 is 0 Å². The van der Waals surface area contributed by atoms with Crippen LogP contribution in [0.5, 0.6) is 5.75 Å². The van der Waals surface area contributed by atoms with Crippen molar-refractivity contribution in [2.75, 3.05) is 0 Å². The summed E-state index contributed by atoms with van der Waals surface area (Å²) in [5.74, 6) is 1.29. The van der Waals surface area contributed by atoms with E-state index in [1.54, 1.807) is 0 Å². The Morgan fingerprint density at radius 3 is 1.67 bits per heavy atom. The zero-order valence-electron chi connectivity index (χ0n) is 40.2. The predicted octanol–water partition coefficient (Wildman–Crippen LogP) is 17.1. The number of phenols is 1. The summed E-state index contributed by atoms with van der Waals surface area (Å²) in [6, 6.07) is 70.4. The number of fused-ring (bicyclic) bond motifs is 1. The van der Waals surface area contributed by atoms with Crippen molar-refractivity contribution >= 4 is 11.0 Å². The number of aromatic nitrogens is 3. The number of pyridine rings is 1. The van der Waals surface area contributed by atoms with E-state index in [0.717, 1.165) is 83.6 Å². The molecule has 0 atom stereocenters. The van der Waals surface area contributed by atoms with Gasteiger partial charge in [0, 0.05) is 38.6 Å². The summed E-state index contributed by atoms with van der Waals surface area (Å²) < 4.78 is 2.26. The molecule has 0 spiro atoms. The normalized spacial score (nSPS) is 11.6. The van der Waals surface area contributed by atoms with Crippen LogP contribution in [0.15, 0.2) is 194 Å². The van der Waals surface area contributed by atoms with Gasteiger partial charge in [-0.3, -0.25) is 9.55 Å². The Balaban J connectivity index is 0.00000593. The first-order chi connectivity index (χ1) is 32.9. The van der Waals surface area contributed by atoms with E-state index >= 15 is 0 Å². The van der Waals surface area contributed by atoms with Crippen LogP contribution in [0.25, 0.3) is 95.0 Å². The van der Waals surface area contributed by atoms with Crippen LogP contribution in [0.3, 0.4) is 0 Å². The molecule has 0 saturated heterocycles. The SMILES string of the molecule is CC(C)c1cc(-c2nc3c(-c4[c-]c(-c5cc(-c6ccc(-c7ccccc7)cc6)ccn5)cc(-c5ccccc5)c4)cccc3n2-c2cc(-c3ccccc3)cc(C(C)(C)C)c2)c(O)c(C(C)C)c1.[Pt]. The van der Waals surface area contributed by atoms with Crippen molar-refractivity contribution in [3.05, 3.63) is 217 Å². The second-order valence-electron chi connectivity index (χ2n) is 19.6. The first-order valence-corrected chi connectivity index (χ1v) is 23.7. The minimum atomic E-state index is -0.147. The molecule has 0 radical (unpaired) electrons. The molecule has 0 fully saturated rings. The van der Waals surface area contributed by atoms with E-state index in [9.17, 15) is 5.11 Å². The van der Waals surface area contributed by atoms with Gasteiger partial charge in [-0.2, -0.15) is 0 Å². The molecule has 0 saturated carbocycles. The molecule has 1 N–H and O–H groups in total. The molecular formula is C64H56N3OPt-. The van der Waals surface area contributed by atoms with Crippen LogP contribution in [-0.2, 0) is 26.5 Å². The fraction of sp³-hybridized carbons (Fsp3) is 0.156. The predicted molar refractivity (Wildman–Crippen MR) is 284 cm³/mol. The molecule has 0 bridgehead atoms. The van der Waals surface area contributed by atoms with Gasteiger partial charge >= 0.3 is 0 Å². The zero-order chi connectivity index (χ0) is 47.1. The Labute approximate surface area is 421 Å². The van der Waals surface area contributed by atoms with Gasteiger partial charge in [-0.1, -0.05) is 211 Å². The standard InChI is InChI=1S/C64H56N3O.Pt/c1-41(2)49-37-57(42(3)4)62(68)58(38-49)63-66-61-56(24-17-25-60(61)67(63)55-36-51(45-22-15-10-16-23-45)35-54(40-55)64(5,6)7)52-32-50(44-20-13-9-14-21-44)33-53(34-52)59-39-48(30-31-65-59)47-28-26-46(27-29-47)43-18-11-8-12-19-43;/h8-33,35-42,68H,1-7H3;/q-1;. The molecule has 0 aliphatic rings. The molecule has 2 aromatic heterocycles. The summed E-state index contributed by atoms with van der Waals surface area (Å²) >= 11 is 0. The second-order valence-corrected chi connectivity index (χ2v) is 19.6. The third kappa shape index (κ3) is 9.52. The summed E-state index contributed by atoms with van der Waals surface area (Å²) in [5.41, 5.74) is 19.1. The third-order valence-corrected chi connectivity index (χ3v) is 13.2. The summed E-state index contributed by atoms with van der Waals surface area (Å²) in [4.78, 5) is 10.6. The first-order valence-electron chi connectivity index (χ1n) is 23.7. The van der Waals surface area contributed by atoms with Gasteiger partial charge in [0.1, 0.15) is 11.6 Å². The molecule has 0 amide bonds. The number of para-hydroxylation sites is 1.